The van der Waals surface area contributed by atoms with Crippen molar-refractivity contribution in [2.75, 3.05) is 6.61 Å². The summed E-state index contributed by atoms with van der Waals surface area (Å²) >= 11 is 3.12. The van der Waals surface area contributed by atoms with Crippen LogP contribution in [0.3, 0.4) is 0 Å². The molecule has 0 atom stereocenters. The van der Waals surface area contributed by atoms with Crippen LogP contribution in [0.15, 0.2) is 22.7 Å². The van der Waals surface area contributed by atoms with E-state index in [1.807, 2.05) is 6.92 Å². The van der Waals surface area contributed by atoms with Crippen LogP contribution in [0.4, 0.5) is 4.39 Å². The molecule has 0 saturated carbocycles. The fourth-order valence-corrected chi connectivity index (χ4v) is 1.99. The van der Waals surface area contributed by atoms with Gasteiger partial charge in [-0.15, -0.1) is 0 Å². The van der Waals surface area contributed by atoms with E-state index in [0.717, 1.165) is 6.42 Å². The molecular weight excluding hydrogens is 343 g/mol. The number of carbonyl (C=O) groups excluding carboxylic acids is 2. The third-order valence-electron chi connectivity index (χ3n) is 2.60. The third kappa shape index (κ3) is 7.22. The lowest BCUT2D eigenvalue weighted by molar-refractivity contribution is -0.144. The van der Waals surface area contributed by atoms with Crippen molar-refractivity contribution in [3.05, 3.63) is 28.5 Å². The Hall–Kier alpha value is -1.43. The van der Waals surface area contributed by atoms with Gasteiger partial charge in [0, 0.05) is 12.8 Å². The van der Waals surface area contributed by atoms with E-state index in [-0.39, 0.29) is 18.1 Å². The highest BCUT2D eigenvalue weighted by atomic mass is 79.9. The SMILES string of the molecule is CCCOC(=O)CCCCC(=O)Oc1ccc(F)cc1Br. The average molecular weight is 361 g/mol. The first-order valence-electron chi connectivity index (χ1n) is 6.84. The van der Waals surface area contributed by atoms with E-state index in [9.17, 15) is 14.0 Å². The van der Waals surface area contributed by atoms with E-state index in [0.29, 0.717) is 30.3 Å². The normalized spacial score (nSPS) is 10.2. The zero-order valence-electron chi connectivity index (χ0n) is 11.9. The summed E-state index contributed by atoms with van der Waals surface area (Å²) in [6, 6.07) is 3.84. The largest absolute Gasteiger partial charge is 0.466 e. The Balaban J connectivity index is 2.24. The number of unbranched alkanes of at least 4 members (excludes halogenated alkanes) is 1. The lowest BCUT2D eigenvalue weighted by Crippen LogP contribution is -2.09. The molecule has 0 fully saturated rings. The van der Waals surface area contributed by atoms with Gasteiger partial charge in [-0.1, -0.05) is 6.92 Å². The highest BCUT2D eigenvalue weighted by Gasteiger charge is 2.09. The number of hydrogen-bond acceptors (Lipinski definition) is 4. The van der Waals surface area contributed by atoms with Gasteiger partial charge >= 0.3 is 11.9 Å². The van der Waals surface area contributed by atoms with Crippen molar-refractivity contribution in [1.29, 1.82) is 0 Å². The highest BCUT2D eigenvalue weighted by molar-refractivity contribution is 9.10. The Bertz CT molecular complexity index is 491. The van der Waals surface area contributed by atoms with Gasteiger partial charge in [0.15, 0.2) is 0 Å². The fraction of sp³-hybridized carbons (Fsp3) is 0.467. The number of hydrogen-bond donors (Lipinski definition) is 0. The van der Waals surface area contributed by atoms with E-state index >= 15 is 0 Å². The first kappa shape index (κ1) is 17.6. The second-order valence-corrected chi connectivity index (χ2v) is 5.33. The second kappa shape index (κ2) is 9.50. The lowest BCUT2D eigenvalue weighted by Gasteiger charge is -2.06. The average Bonchev–Trinajstić information content (AvgIpc) is 2.44. The monoisotopic (exact) mass is 360 g/mol. The molecular formula is C15H18BrFO4. The van der Waals surface area contributed by atoms with Crippen molar-refractivity contribution in [2.45, 2.75) is 39.0 Å². The molecule has 0 spiro atoms. The van der Waals surface area contributed by atoms with Gasteiger partial charge in [-0.05, 0) is 53.4 Å². The van der Waals surface area contributed by atoms with Gasteiger partial charge in [0.25, 0.3) is 0 Å². The maximum absolute atomic E-state index is 12.9. The minimum Gasteiger partial charge on any atom is -0.466 e. The van der Waals surface area contributed by atoms with Gasteiger partial charge in [-0.25, -0.2) is 4.39 Å². The molecule has 0 unspecified atom stereocenters. The molecule has 0 saturated heterocycles. The summed E-state index contributed by atoms with van der Waals surface area (Å²) in [5, 5.41) is 0. The summed E-state index contributed by atoms with van der Waals surface area (Å²) in [6.45, 7) is 2.36. The zero-order valence-corrected chi connectivity index (χ0v) is 13.4. The summed E-state index contributed by atoms with van der Waals surface area (Å²) < 4.78 is 23.3. The molecule has 1 rings (SSSR count). The van der Waals surface area contributed by atoms with E-state index < -0.39 is 11.8 Å². The molecule has 0 heterocycles. The van der Waals surface area contributed by atoms with Gasteiger partial charge in [0.2, 0.25) is 0 Å². The van der Waals surface area contributed by atoms with Gasteiger partial charge in [-0.2, -0.15) is 0 Å². The van der Waals surface area contributed by atoms with Crippen LogP contribution >= 0.6 is 15.9 Å². The zero-order chi connectivity index (χ0) is 15.7. The predicted molar refractivity (Wildman–Crippen MR) is 79.5 cm³/mol. The minimum atomic E-state index is -0.413. The van der Waals surface area contributed by atoms with Crippen LogP contribution in [0, 0.1) is 5.82 Å². The quantitative estimate of drug-likeness (QED) is 0.399. The van der Waals surface area contributed by atoms with Gasteiger partial charge in [0.05, 0.1) is 11.1 Å². The van der Waals surface area contributed by atoms with Crippen molar-refractivity contribution in [2.24, 2.45) is 0 Å². The molecule has 0 N–H and O–H groups in total. The second-order valence-electron chi connectivity index (χ2n) is 4.48. The van der Waals surface area contributed by atoms with Crippen LogP contribution in [-0.2, 0) is 14.3 Å². The van der Waals surface area contributed by atoms with E-state index in [2.05, 4.69) is 15.9 Å². The van der Waals surface area contributed by atoms with Gasteiger partial charge in [0.1, 0.15) is 11.6 Å². The van der Waals surface area contributed by atoms with Crippen molar-refractivity contribution in [1.82, 2.24) is 0 Å². The summed E-state index contributed by atoms with van der Waals surface area (Å²) in [5.41, 5.74) is 0. The molecule has 0 radical (unpaired) electrons. The summed E-state index contributed by atoms with van der Waals surface area (Å²) in [6.07, 6.45) is 2.41. The molecule has 21 heavy (non-hydrogen) atoms. The van der Waals surface area contributed by atoms with Crippen LogP contribution in [0.1, 0.15) is 39.0 Å². The number of ether oxygens (including phenoxy) is 2. The summed E-state index contributed by atoms with van der Waals surface area (Å²) in [5.74, 6) is -0.785. The van der Waals surface area contributed by atoms with E-state index in [1.54, 1.807) is 0 Å². The fourth-order valence-electron chi connectivity index (χ4n) is 1.56. The third-order valence-corrected chi connectivity index (χ3v) is 3.22. The van der Waals surface area contributed by atoms with Crippen LogP contribution in [0.25, 0.3) is 0 Å². The van der Waals surface area contributed by atoms with Gasteiger partial charge in [-0.3, -0.25) is 9.59 Å². The van der Waals surface area contributed by atoms with Crippen LogP contribution in [0.2, 0.25) is 0 Å². The van der Waals surface area contributed by atoms with Crippen molar-refractivity contribution >= 4 is 27.9 Å². The molecule has 0 aliphatic rings. The molecule has 0 aliphatic heterocycles. The Kier molecular flexibility index (Phi) is 7.97. The Morgan fingerprint density at radius 3 is 2.48 bits per heavy atom. The first-order chi connectivity index (χ1) is 10.0. The molecule has 0 aromatic heterocycles. The molecule has 6 heteroatoms. The smallest absolute Gasteiger partial charge is 0.311 e. The van der Waals surface area contributed by atoms with E-state index in [1.165, 1.54) is 18.2 Å². The number of carbonyl (C=O) groups is 2. The first-order valence-corrected chi connectivity index (χ1v) is 7.63. The Morgan fingerprint density at radius 1 is 1.19 bits per heavy atom. The maximum atomic E-state index is 12.9. The minimum absolute atomic E-state index is 0.199. The summed E-state index contributed by atoms with van der Waals surface area (Å²) in [7, 11) is 0. The summed E-state index contributed by atoms with van der Waals surface area (Å²) in [4.78, 5) is 22.8. The van der Waals surface area contributed by atoms with E-state index in [4.69, 9.17) is 9.47 Å². The molecule has 116 valence electrons. The molecule has 1 aromatic carbocycles. The molecule has 0 amide bonds. The van der Waals surface area contributed by atoms with Crippen molar-refractivity contribution < 1.29 is 23.5 Å². The predicted octanol–water partition coefficient (Wildman–Crippen LogP) is 4.01. The Labute approximate surface area is 131 Å². The highest BCUT2D eigenvalue weighted by Crippen LogP contribution is 2.25. The number of benzene rings is 1. The van der Waals surface area contributed by atoms with Crippen LogP contribution < -0.4 is 4.74 Å². The Morgan fingerprint density at radius 2 is 1.86 bits per heavy atom. The number of rotatable bonds is 8. The molecule has 1 aromatic rings. The van der Waals surface area contributed by atoms with Gasteiger partial charge < -0.3 is 9.47 Å². The number of esters is 2. The van der Waals surface area contributed by atoms with Crippen molar-refractivity contribution in [3.8, 4) is 5.75 Å². The molecule has 0 bridgehead atoms. The van der Waals surface area contributed by atoms with Crippen LogP contribution in [0.5, 0.6) is 5.75 Å². The molecule has 4 nitrogen and oxygen atoms in total. The van der Waals surface area contributed by atoms with Crippen molar-refractivity contribution in [3.63, 3.8) is 0 Å². The maximum Gasteiger partial charge on any atom is 0.311 e. The molecule has 0 aliphatic carbocycles. The lowest BCUT2D eigenvalue weighted by atomic mass is 10.2. The van der Waals surface area contributed by atoms with Crippen LogP contribution in [-0.4, -0.2) is 18.5 Å². The number of halogens is 2. The standard InChI is InChI=1S/C15H18BrFO4/c1-2-9-20-14(18)5-3-4-6-15(19)21-13-8-7-11(17)10-12(13)16/h7-8,10H,2-6,9H2,1H3. The topological polar surface area (TPSA) is 52.6 Å².